The second kappa shape index (κ2) is 6.87. The van der Waals surface area contributed by atoms with Crippen LogP contribution in [0.2, 0.25) is 0 Å². The minimum Gasteiger partial charge on any atom is -0.333 e. The van der Waals surface area contributed by atoms with Crippen molar-refractivity contribution < 1.29 is 0 Å². The molecule has 2 heterocycles. The summed E-state index contributed by atoms with van der Waals surface area (Å²) >= 11 is 1.82. The van der Waals surface area contributed by atoms with E-state index in [4.69, 9.17) is 0 Å². The number of nitrogens with zero attached hydrogens (tertiary/aromatic N) is 2. The van der Waals surface area contributed by atoms with Crippen LogP contribution >= 0.6 is 11.3 Å². The number of hydrogen-bond acceptors (Lipinski definition) is 3. The normalized spacial score (nSPS) is 12.8. The molecule has 1 atom stereocenters. The number of rotatable bonds is 7. The zero-order valence-corrected chi connectivity index (χ0v) is 12.8. The lowest BCUT2D eigenvalue weighted by Gasteiger charge is -2.19. The average Bonchev–Trinajstić information content (AvgIpc) is 3.01. The van der Waals surface area contributed by atoms with Gasteiger partial charge >= 0.3 is 0 Å². The second-order valence-electron chi connectivity index (χ2n) is 4.83. The average molecular weight is 277 g/mol. The molecular weight excluding hydrogens is 254 g/mol. The zero-order chi connectivity index (χ0) is 13.7. The van der Waals surface area contributed by atoms with Gasteiger partial charge in [-0.25, -0.2) is 4.98 Å². The summed E-state index contributed by atoms with van der Waals surface area (Å²) in [5, 5.41) is 5.81. The van der Waals surface area contributed by atoms with E-state index in [2.05, 4.69) is 53.3 Å². The van der Waals surface area contributed by atoms with Gasteiger partial charge in [0.05, 0.1) is 0 Å². The molecule has 0 bridgehead atoms. The monoisotopic (exact) mass is 277 g/mol. The molecule has 0 saturated carbocycles. The van der Waals surface area contributed by atoms with E-state index < -0.39 is 0 Å². The molecule has 0 saturated heterocycles. The SMILES string of the molecule is CCCNC(c1sccc1C)c1nccn1CCC. The second-order valence-corrected chi connectivity index (χ2v) is 5.78. The molecule has 0 aliphatic rings. The van der Waals surface area contributed by atoms with Gasteiger partial charge in [-0.05, 0) is 43.3 Å². The fourth-order valence-corrected chi connectivity index (χ4v) is 3.28. The lowest BCUT2D eigenvalue weighted by Crippen LogP contribution is -2.26. The highest BCUT2D eigenvalue weighted by molar-refractivity contribution is 7.10. The minimum atomic E-state index is 0.224. The predicted octanol–water partition coefficient (Wildman–Crippen LogP) is 3.75. The Morgan fingerprint density at radius 1 is 1.37 bits per heavy atom. The predicted molar refractivity (Wildman–Crippen MR) is 81.7 cm³/mol. The van der Waals surface area contributed by atoms with E-state index in [0.717, 1.165) is 31.8 Å². The van der Waals surface area contributed by atoms with Crippen molar-refractivity contribution in [3.63, 3.8) is 0 Å². The molecule has 19 heavy (non-hydrogen) atoms. The van der Waals surface area contributed by atoms with Crippen LogP contribution < -0.4 is 5.32 Å². The number of aryl methyl sites for hydroxylation is 2. The largest absolute Gasteiger partial charge is 0.333 e. The van der Waals surface area contributed by atoms with E-state index in [1.165, 1.54) is 10.4 Å². The molecule has 0 aliphatic carbocycles. The summed E-state index contributed by atoms with van der Waals surface area (Å²) in [4.78, 5) is 5.98. The van der Waals surface area contributed by atoms with E-state index in [0.29, 0.717) is 0 Å². The van der Waals surface area contributed by atoms with Crippen LogP contribution in [0.4, 0.5) is 0 Å². The van der Waals surface area contributed by atoms with Crippen molar-refractivity contribution in [1.29, 1.82) is 0 Å². The van der Waals surface area contributed by atoms with E-state index in [1.54, 1.807) is 0 Å². The number of aromatic nitrogens is 2. The molecule has 0 radical (unpaired) electrons. The van der Waals surface area contributed by atoms with Crippen LogP contribution in [0.15, 0.2) is 23.8 Å². The summed E-state index contributed by atoms with van der Waals surface area (Å²) in [6, 6.07) is 2.41. The Hall–Kier alpha value is -1.13. The molecule has 0 amide bonds. The van der Waals surface area contributed by atoms with Crippen LogP contribution in [0.25, 0.3) is 0 Å². The number of thiophene rings is 1. The maximum absolute atomic E-state index is 4.59. The molecule has 3 nitrogen and oxygen atoms in total. The van der Waals surface area contributed by atoms with Crippen LogP contribution in [0.3, 0.4) is 0 Å². The van der Waals surface area contributed by atoms with Crippen LogP contribution in [0, 0.1) is 6.92 Å². The molecule has 1 unspecified atom stereocenters. The summed E-state index contributed by atoms with van der Waals surface area (Å²) in [7, 11) is 0. The first-order chi connectivity index (χ1) is 9.27. The molecule has 0 fully saturated rings. The van der Waals surface area contributed by atoms with Crippen molar-refractivity contribution in [2.75, 3.05) is 6.54 Å². The van der Waals surface area contributed by atoms with Crippen molar-refractivity contribution in [1.82, 2.24) is 14.9 Å². The molecule has 1 N–H and O–H groups in total. The van der Waals surface area contributed by atoms with E-state index in [1.807, 2.05) is 17.5 Å². The van der Waals surface area contributed by atoms with Gasteiger partial charge in [0.25, 0.3) is 0 Å². The topological polar surface area (TPSA) is 29.9 Å². The van der Waals surface area contributed by atoms with Gasteiger partial charge in [0.2, 0.25) is 0 Å². The van der Waals surface area contributed by atoms with E-state index in [-0.39, 0.29) is 6.04 Å². The smallest absolute Gasteiger partial charge is 0.131 e. The molecule has 2 aromatic heterocycles. The van der Waals surface area contributed by atoms with Crippen molar-refractivity contribution in [2.24, 2.45) is 0 Å². The third-order valence-corrected chi connectivity index (χ3v) is 4.32. The Morgan fingerprint density at radius 2 is 2.21 bits per heavy atom. The fourth-order valence-electron chi connectivity index (χ4n) is 2.28. The Kier molecular flexibility index (Phi) is 5.16. The first kappa shape index (κ1) is 14.3. The first-order valence-corrected chi connectivity index (χ1v) is 7.94. The first-order valence-electron chi connectivity index (χ1n) is 7.06. The van der Waals surface area contributed by atoms with Gasteiger partial charge in [0, 0.05) is 23.8 Å². The maximum Gasteiger partial charge on any atom is 0.131 e. The lowest BCUT2D eigenvalue weighted by molar-refractivity contribution is 0.534. The van der Waals surface area contributed by atoms with Gasteiger partial charge < -0.3 is 9.88 Å². The summed E-state index contributed by atoms with van der Waals surface area (Å²) in [6.45, 7) is 8.63. The Bertz CT molecular complexity index is 501. The maximum atomic E-state index is 4.59. The summed E-state index contributed by atoms with van der Waals surface area (Å²) < 4.78 is 2.27. The van der Waals surface area contributed by atoms with Gasteiger partial charge in [0.1, 0.15) is 11.9 Å². The minimum absolute atomic E-state index is 0.224. The highest BCUT2D eigenvalue weighted by Gasteiger charge is 2.21. The fraction of sp³-hybridized carbons (Fsp3) is 0.533. The standard InChI is InChI=1S/C15H23N3S/c1-4-7-16-13(14-12(3)6-11-19-14)15-17-8-10-18(15)9-5-2/h6,8,10-11,13,16H,4-5,7,9H2,1-3H3. The van der Waals surface area contributed by atoms with Gasteiger partial charge in [0.15, 0.2) is 0 Å². The Balaban J connectivity index is 2.31. The Morgan fingerprint density at radius 3 is 2.84 bits per heavy atom. The number of imidazole rings is 1. The summed E-state index contributed by atoms with van der Waals surface area (Å²) in [5.41, 5.74) is 1.35. The van der Waals surface area contributed by atoms with Gasteiger partial charge in [-0.1, -0.05) is 13.8 Å². The number of hydrogen-bond donors (Lipinski definition) is 1. The third-order valence-electron chi connectivity index (χ3n) is 3.23. The molecule has 2 aromatic rings. The molecule has 0 aliphatic heterocycles. The molecule has 2 rings (SSSR count). The molecule has 0 spiro atoms. The van der Waals surface area contributed by atoms with Crippen LogP contribution in [-0.4, -0.2) is 16.1 Å². The molecule has 0 aromatic carbocycles. The summed E-state index contributed by atoms with van der Waals surface area (Å²) in [5.74, 6) is 1.14. The number of nitrogens with one attached hydrogen (secondary N) is 1. The van der Waals surface area contributed by atoms with Crippen LogP contribution in [0.5, 0.6) is 0 Å². The highest BCUT2D eigenvalue weighted by atomic mass is 32.1. The lowest BCUT2D eigenvalue weighted by atomic mass is 10.1. The van der Waals surface area contributed by atoms with Gasteiger partial charge in [-0.15, -0.1) is 11.3 Å². The van der Waals surface area contributed by atoms with Crippen molar-refractivity contribution in [3.05, 3.63) is 40.1 Å². The van der Waals surface area contributed by atoms with Crippen molar-refractivity contribution in [3.8, 4) is 0 Å². The molecule has 104 valence electrons. The van der Waals surface area contributed by atoms with Gasteiger partial charge in [-0.2, -0.15) is 0 Å². The zero-order valence-electron chi connectivity index (χ0n) is 12.0. The van der Waals surface area contributed by atoms with Crippen LogP contribution in [-0.2, 0) is 6.54 Å². The van der Waals surface area contributed by atoms with Gasteiger partial charge in [-0.3, -0.25) is 0 Å². The third kappa shape index (κ3) is 3.25. The van der Waals surface area contributed by atoms with Crippen molar-refractivity contribution >= 4 is 11.3 Å². The highest BCUT2D eigenvalue weighted by Crippen LogP contribution is 2.28. The summed E-state index contributed by atoms with van der Waals surface area (Å²) in [6.07, 6.45) is 6.26. The molecular formula is C15H23N3S. The van der Waals surface area contributed by atoms with E-state index >= 15 is 0 Å². The quantitative estimate of drug-likeness (QED) is 0.835. The Labute approximate surface area is 119 Å². The van der Waals surface area contributed by atoms with Crippen molar-refractivity contribution in [2.45, 2.75) is 46.2 Å². The van der Waals surface area contributed by atoms with E-state index in [9.17, 15) is 0 Å². The molecule has 4 heteroatoms. The van der Waals surface area contributed by atoms with Crippen LogP contribution in [0.1, 0.15) is 49.0 Å².